The molecule has 0 atom stereocenters. The third-order valence-corrected chi connectivity index (χ3v) is 3.94. The Morgan fingerprint density at radius 3 is 2.67 bits per heavy atom. The van der Waals surface area contributed by atoms with Crippen LogP contribution in [0, 0.1) is 6.92 Å². The molecule has 3 N–H and O–H groups in total. The highest BCUT2D eigenvalue weighted by atomic mass is 35.5. The lowest BCUT2D eigenvalue weighted by Crippen LogP contribution is -2.13. The van der Waals surface area contributed by atoms with E-state index in [0.29, 0.717) is 38.3 Å². The van der Waals surface area contributed by atoms with Crippen LogP contribution in [0.3, 0.4) is 0 Å². The summed E-state index contributed by atoms with van der Waals surface area (Å²) in [7, 11) is 0. The van der Waals surface area contributed by atoms with Crippen molar-refractivity contribution in [1.82, 2.24) is 10.1 Å². The number of carbonyl (C=O) groups excluding carboxylic acids is 1. The van der Waals surface area contributed by atoms with E-state index < -0.39 is 0 Å². The lowest BCUT2D eigenvalue weighted by Gasteiger charge is -2.10. The smallest absolute Gasteiger partial charge is 0.262 e. The number of amides is 1. The maximum Gasteiger partial charge on any atom is 0.262 e. The second-order valence-electron chi connectivity index (χ2n) is 5.00. The number of anilines is 2. The predicted octanol–water partition coefficient (Wildman–Crippen LogP) is 4.19. The third-order valence-electron chi connectivity index (χ3n) is 3.38. The molecule has 0 unspecified atom stereocenters. The summed E-state index contributed by atoms with van der Waals surface area (Å²) in [5.74, 6) is 0.566. The van der Waals surface area contributed by atoms with Crippen LogP contribution in [-0.2, 0) is 0 Å². The fourth-order valence-corrected chi connectivity index (χ4v) is 2.57. The molecule has 0 fully saturated rings. The first-order chi connectivity index (χ1) is 11.5. The molecule has 24 heavy (non-hydrogen) atoms. The molecular formula is C16H12Cl2N4O2. The predicted molar refractivity (Wildman–Crippen MR) is 93.3 cm³/mol. The Morgan fingerprint density at radius 2 is 2.00 bits per heavy atom. The average molecular weight is 363 g/mol. The first-order valence-corrected chi connectivity index (χ1v) is 7.66. The monoisotopic (exact) mass is 362 g/mol. The summed E-state index contributed by atoms with van der Waals surface area (Å²) in [4.78, 5) is 16.3. The third kappa shape index (κ3) is 3.20. The molecule has 0 aliphatic carbocycles. The number of rotatable bonds is 3. The molecule has 3 aromatic rings. The Kier molecular flexibility index (Phi) is 4.42. The van der Waals surface area contributed by atoms with E-state index in [4.69, 9.17) is 33.5 Å². The van der Waals surface area contributed by atoms with Crippen LogP contribution in [0.4, 0.5) is 11.6 Å². The maximum absolute atomic E-state index is 12.1. The Labute approximate surface area is 147 Å². The number of carbonyl (C=O) groups is 1. The van der Waals surface area contributed by atoms with Gasteiger partial charge in [-0.15, -0.1) is 0 Å². The first-order valence-electron chi connectivity index (χ1n) is 6.90. The minimum Gasteiger partial charge on any atom is -0.383 e. The summed E-state index contributed by atoms with van der Waals surface area (Å²) in [5.41, 5.74) is 7.63. The second kappa shape index (κ2) is 6.51. The van der Waals surface area contributed by atoms with Crippen LogP contribution < -0.4 is 11.1 Å². The van der Waals surface area contributed by atoms with Crippen molar-refractivity contribution >= 4 is 40.7 Å². The van der Waals surface area contributed by atoms with Crippen LogP contribution >= 0.6 is 23.2 Å². The molecule has 8 heteroatoms. The minimum atomic E-state index is -0.380. The van der Waals surface area contributed by atoms with Gasteiger partial charge in [0.2, 0.25) is 0 Å². The number of benzene rings is 1. The number of halogens is 2. The van der Waals surface area contributed by atoms with Gasteiger partial charge in [-0.2, -0.15) is 0 Å². The Morgan fingerprint density at radius 1 is 1.21 bits per heavy atom. The summed E-state index contributed by atoms with van der Waals surface area (Å²) in [6.07, 6.45) is 1.34. The highest BCUT2D eigenvalue weighted by molar-refractivity contribution is 6.35. The first kappa shape index (κ1) is 16.3. The number of hydrogen-bond acceptors (Lipinski definition) is 5. The summed E-state index contributed by atoms with van der Waals surface area (Å²) in [5, 5.41) is 7.25. The van der Waals surface area contributed by atoms with Crippen molar-refractivity contribution in [2.45, 2.75) is 6.92 Å². The van der Waals surface area contributed by atoms with Crippen LogP contribution in [0.5, 0.6) is 0 Å². The standard InChI is InChI=1S/C16H12Cl2N4O2/c1-8-12(7-20-24-8)16(23)22-14-5-3-10(15(19)21-14)11-6-9(17)2-4-13(11)18/h2-7H,1H3,(H3,19,21,22,23). The van der Waals surface area contributed by atoms with Crippen molar-refractivity contribution in [3.8, 4) is 11.1 Å². The molecule has 0 saturated carbocycles. The minimum absolute atomic E-state index is 0.221. The van der Waals surface area contributed by atoms with Gasteiger partial charge in [0, 0.05) is 21.2 Å². The Bertz CT molecular complexity index is 924. The van der Waals surface area contributed by atoms with Crippen molar-refractivity contribution in [3.63, 3.8) is 0 Å². The molecular weight excluding hydrogens is 351 g/mol. The topological polar surface area (TPSA) is 94.0 Å². The molecule has 1 amide bonds. The van der Waals surface area contributed by atoms with Gasteiger partial charge in [-0.1, -0.05) is 28.4 Å². The Balaban J connectivity index is 1.89. The zero-order valence-corrected chi connectivity index (χ0v) is 14.0. The quantitative estimate of drug-likeness (QED) is 0.728. The van der Waals surface area contributed by atoms with Crippen molar-refractivity contribution in [1.29, 1.82) is 0 Å². The van der Waals surface area contributed by atoms with E-state index in [0.717, 1.165) is 0 Å². The molecule has 0 saturated heterocycles. The lowest BCUT2D eigenvalue weighted by atomic mass is 10.1. The summed E-state index contributed by atoms with van der Waals surface area (Å²) < 4.78 is 4.87. The van der Waals surface area contributed by atoms with Gasteiger partial charge in [0.05, 0.1) is 6.20 Å². The fraction of sp³-hybridized carbons (Fsp3) is 0.0625. The highest BCUT2D eigenvalue weighted by Crippen LogP contribution is 2.34. The van der Waals surface area contributed by atoms with Crippen molar-refractivity contribution in [2.75, 3.05) is 11.1 Å². The van der Waals surface area contributed by atoms with E-state index >= 15 is 0 Å². The van der Waals surface area contributed by atoms with Gasteiger partial charge in [-0.05, 0) is 37.3 Å². The molecule has 0 spiro atoms. The normalized spacial score (nSPS) is 10.6. The Hall–Kier alpha value is -2.57. The summed E-state index contributed by atoms with van der Waals surface area (Å²) in [6.45, 7) is 1.65. The van der Waals surface area contributed by atoms with Crippen LogP contribution in [0.1, 0.15) is 16.1 Å². The van der Waals surface area contributed by atoms with E-state index in [1.54, 1.807) is 37.3 Å². The van der Waals surface area contributed by atoms with E-state index in [-0.39, 0.29) is 11.7 Å². The largest absolute Gasteiger partial charge is 0.383 e. The lowest BCUT2D eigenvalue weighted by molar-refractivity contribution is 0.102. The van der Waals surface area contributed by atoms with Gasteiger partial charge in [-0.3, -0.25) is 4.79 Å². The van der Waals surface area contributed by atoms with Gasteiger partial charge in [-0.25, -0.2) is 4.98 Å². The number of pyridine rings is 1. The van der Waals surface area contributed by atoms with Crippen LogP contribution in [0.2, 0.25) is 10.0 Å². The molecule has 122 valence electrons. The zero-order chi connectivity index (χ0) is 17.3. The van der Waals surface area contributed by atoms with Crippen LogP contribution in [-0.4, -0.2) is 16.0 Å². The van der Waals surface area contributed by atoms with Crippen molar-refractivity contribution in [2.24, 2.45) is 0 Å². The highest BCUT2D eigenvalue weighted by Gasteiger charge is 2.15. The van der Waals surface area contributed by atoms with Crippen LogP contribution in [0.25, 0.3) is 11.1 Å². The second-order valence-corrected chi connectivity index (χ2v) is 5.85. The molecule has 0 radical (unpaired) electrons. The number of nitrogens with two attached hydrogens (primary N) is 1. The molecule has 2 heterocycles. The number of aromatic nitrogens is 2. The average Bonchev–Trinajstić information content (AvgIpc) is 2.96. The molecule has 0 bridgehead atoms. The van der Waals surface area contributed by atoms with Gasteiger partial charge in [0.25, 0.3) is 5.91 Å². The van der Waals surface area contributed by atoms with E-state index in [2.05, 4.69) is 15.5 Å². The number of nitrogens with zero attached hydrogens (tertiary/aromatic N) is 2. The van der Waals surface area contributed by atoms with E-state index in [9.17, 15) is 4.79 Å². The van der Waals surface area contributed by atoms with Gasteiger partial charge in [0.15, 0.2) is 0 Å². The molecule has 2 aromatic heterocycles. The summed E-state index contributed by atoms with van der Waals surface area (Å²) in [6, 6.07) is 8.42. The van der Waals surface area contributed by atoms with Gasteiger partial charge >= 0.3 is 0 Å². The molecule has 6 nitrogen and oxygen atoms in total. The van der Waals surface area contributed by atoms with Crippen molar-refractivity contribution in [3.05, 3.63) is 57.9 Å². The number of hydrogen-bond donors (Lipinski definition) is 2. The van der Waals surface area contributed by atoms with Crippen LogP contribution in [0.15, 0.2) is 41.1 Å². The maximum atomic E-state index is 12.1. The van der Waals surface area contributed by atoms with Gasteiger partial charge < -0.3 is 15.6 Å². The molecule has 3 rings (SSSR count). The van der Waals surface area contributed by atoms with E-state index in [1.807, 2.05) is 0 Å². The SMILES string of the molecule is Cc1oncc1C(=O)Nc1ccc(-c2cc(Cl)ccc2Cl)c(N)n1. The zero-order valence-electron chi connectivity index (χ0n) is 12.5. The van der Waals surface area contributed by atoms with Crippen molar-refractivity contribution < 1.29 is 9.32 Å². The van der Waals surface area contributed by atoms with Gasteiger partial charge in [0.1, 0.15) is 23.0 Å². The number of nitrogen functional groups attached to an aromatic ring is 1. The number of nitrogens with one attached hydrogen (secondary N) is 1. The van der Waals surface area contributed by atoms with E-state index in [1.165, 1.54) is 6.20 Å². The molecule has 0 aliphatic rings. The molecule has 0 aliphatic heterocycles. The molecule has 1 aromatic carbocycles. The number of aryl methyl sites for hydroxylation is 1. The summed E-state index contributed by atoms with van der Waals surface area (Å²) >= 11 is 12.2. The fourth-order valence-electron chi connectivity index (χ4n) is 2.18.